The Morgan fingerprint density at radius 2 is 1.60 bits per heavy atom. The predicted molar refractivity (Wildman–Crippen MR) is 62.9 cm³/mol. The molecule has 0 amide bonds. The van der Waals surface area contributed by atoms with Crippen molar-refractivity contribution >= 4 is 0 Å². The maximum absolute atomic E-state index is 9.42. The van der Waals surface area contributed by atoms with Crippen molar-refractivity contribution in [3.8, 4) is 5.75 Å². The second-order valence-corrected chi connectivity index (χ2v) is 4.10. The van der Waals surface area contributed by atoms with Gasteiger partial charge in [-0.1, -0.05) is 0 Å². The number of benzene rings is 1. The molecular formula is C12H20N2O. The number of rotatable bonds is 4. The molecule has 3 heteroatoms. The summed E-state index contributed by atoms with van der Waals surface area (Å²) in [6.07, 6.45) is 0.894. The Morgan fingerprint density at radius 1 is 1.13 bits per heavy atom. The fraction of sp³-hybridized carbons (Fsp3) is 0.500. The molecule has 0 unspecified atom stereocenters. The molecule has 0 saturated heterocycles. The Bertz CT molecular complexity index is 309. The average molecular weight is 208 g/mol. The fourth-order valence-electron chi connectivity index (χ4n) is 1.84. The van der Waals surface area contributed by atoms with Crippen LogP contribution in [0.2, 0.25) is 0 Å². The molecule has 1 aromatic rings. The van der Waals surface area contributed by atoms with Gasteiger partial charge in [0.2, 0.25) is 0 Å². The molecule has 0 aliphatic rings. The zero-order valence-corrected chi connectivity index (χ0v) is 9.46. The third-order valence-corrected chi connectivity index (χ3v) is 2.84. The molecule has 1 aromatic carbocycles. The highest BCUT2D eigenvalue weighted by molar-refractivity contribution is 5.40. The Morgan fingerprint density at radius 3 is 2.00 bits per heavy atom. The Balaban J connectivity index is 2.94. The maximum atomic E-state index is 9.42. The van der Waals surface area contributed by atoms with Crippen LogP contribution in [0.5, 0.6) is 5.75 Å². The first kappa shape index (κ1) is 12.0. The van der Waals surface area contributed by atoms with E-state index in [0.29, 0.717) is 24.8 Å². The molecule has 0 aromatic heterocycles. The van der Waals surface area contributed by atoms with Crippen LogP contribution in [0.15, 0.2) is 12.1 Å². The van der Waals surface area contributed by atoms with Crippen molar-refractivity contribution in [2.75, 3.05) is 13.1 Å². The topological polar surface area (TPSA) is 72.3 Å². The molecule has 0 radical (unpaired) electrons. The number of phenols is 1. The van der Waals surface area contributed by atoms with E-state index < -0.39 is 0 Å². The summed E-state index contributed by atoms with van der Waals surface area (Å²) in [5, 5.41) is 9.42. The van der Waals surface area contributed by atoms with Crippen LogP contribution in [-0.4, -0.2) is 18.2 Å². The van der Waals surface area contributed by atoms with Crippen molar-refractivity contribution in [2.24, 2.45) is 17.4 Å². The minimum absolute atomic E-state index is 0.325. The number of nitrogens with two attached hydrogens (primary N) is 2. The lowest BCUT2D eigenvalue weighted by molar-refractivity contribution is 0.473. The predicted octanol–water partition coefficient (Wildman–Crippen LogP) is 1.09. The van der Waals surface area contributed by atoms with E-state index in [1.807, 2.05) is 13.8 Å². The van der Waals surface area contributed by atoms with Crippen LogP contribution >= 0.6 is 0 Å². The first-order valence-electron chi connectivity index (χ1n) is 5.27. The lowest BCUT2D eigenvalue weighted by atomic mass is 9.92. The molecule has 0 spiro atoms. The van der Waals surface area contributed by atoms with Gasteiger partial charge in [0, 0.05) is 0 Å². The van der Waals surface area contributed by atoms with Gasteiger partial charge in [-0.05, 0) is 68.1 Å². The molecular weight excluding hydrogens is 188 g/mol. The van der Waals surface area contributed by atoms with Gasteiger partial charge in [-0.2, -0.15) is 0 Å². The van der Waals surface area contributed by atoms with E-state index in [1.54, 1.807) is 12.1 Å². The van der Waals surface area contributed by atoms with Gasteiger partial charge in [0.25, 0.3) is 0 Å². The van der Waals surface area contributed by atoms with Gasteiger partial charge in [-0.3, -0.25) is 0 Å². The van der Waals surface area contributed by atoms with Crippen molar-refractivity contribution in [2.45, 2.75) is 20.3 Å². The third kappa shape index (κ3) is 2.94. The van der Waals surface area contributed by atoms with Gasteiger partial charge >= 0.3 is 0 Å². The molecule has 0 atom stereocenters. The molecule has 0 aliphatic carbocycles. The Labute approximate surface area is 91.1 Å². The zero-order valence-electron chi connectivity index (χ0n) is 9.46. The van der Waals surface area contributed by atoms with Crippen LogP contribution in [0.25, 0.3) is 0 Å². The van der Waals surface area contributed by atoms with Crippen molar-refractivity contribution in [3.63, 3.8) is 0 Å². The van der Waals surface area contributed by atoms with Gasteiger partial charge in [-0.15, -0.1) is 0 Å². The number of hydrogen-bond acceptors (Lipinski definition) is 3. The summed E-state index contributed by atoms with van der Waals surface area (Å²) < 4.78 is 0. The van der Waals surface area contributed by atoms with Gasteiger partial charge < -0.3 is 16.6 Å². The highest BCUT2D eigenvalue weighted by atomic mass is 16.3. The molecule has 0 bridgehead atoms. The first-order valence-corrected chi connectivity index (χ1v) is 5.27. The van der Waals surface area contributed by atoms with Gasteiger partial charge in [-0.25, -0.2) is 0 Å². The second-order valence-electron chi connectivity index (χ2n) is 4.10. The summed E-state index contributed by atoms with van der Waals surface area (Å²) in [7, 11) is 0. The zero-order chi connectivity index (χ0) is 11.4. The molecule has 15 heavy (non-hydrogen) atoms. The van der Waals surface area contributed by atoms with Crippen molar-refractivity contribution in [3.05, 3.63) is 28.8 Å². The maximum Gasteiger partial charge on any atom is 0.116 e. The summed E-state index contributed by atoms with van der Waals surface area (Å²) in [6.45, 7) is 5.23. The van der Waals surface area contributed by atoms with E-state index in [1.165, 1.54) is 5.56 Å². The summed E-state index contributed by atoms with van der Waals surface area (Å²) in [4.78, 5) is 0. The van der Waals surface area contributed by atoms with E-state index in [-0.39, 0.29) is 0 Å². The van der Waals surface area contributed by atoms with E-state index >= 15 is 0 Å². The van der Waals surface area contributed by atoms with Gasteiger partial charge in [0.15, 0.2) is 0 Å². The quantitative estimate of drug-likeness (QED) is 0.693. The summed E-state index contributed by atoms with van der Waals surface area (Å²) in [6, 6.07) is 3.57. The number of aromatic hydroxyl groups is 1. The van der Waals surface area contributed by atoms with Crippen LogP contribution in [0.3, 0.4) is 0 Å². The normalized spacial score (nSPS) is 11.0. The molecule has 1 rings (SSSR count). The van der Waals surface area contributed by atoms with Crippen LogP contribution in [0.4, 0.5) is 0 Å². The highest BCUT2D eigenvalue weighted by Crippen LogP contribution is 2.22. The van der Waals surface area contributed by atoms with E-state index in [4.69, 9.17) is 11.5 Å². The van der Waals surface area contributed by atoms with Crippen LogP contribution in [0.1, 0.15) is 16.7 Å². The van der Waals surface area contributed by atoms with Gasteiger partial charge in [0.1, 0.15) is 5.75 Å². The molecule has 0 heterocycles. The number of phenolic OH excluding ortho intramolecular Hbond substituents is 1. The fourth-order valence-corrected chi connectivity index (χ4v) is 1.84. The second kappa shape index (κ2) is 5.14. The lowest BCUT2D eigenvalue weighted by Gasteiger charge is -2.16. The minimum Gasteiger partial charge on any atom is -0.508 e. The SMILES string of the molecule is Cc1cc(O)cc(C)c1CC(CN)CN. The summed E-state index contributed by atoms with van der Waals surface area (Å²) in [5.41, 5.74) is 14.7. The van der Waals surface area contributed by atoms with Crippen LogP contribution in [-0.2, 0) is 6.42 Å². The van der Waals surface area contributed by atoms with Crippen molar-refractivity contribution in [1.29, 1.82) is 0 Å². The van der Waals surface area contributed by atoms with Crippen molar-refractivity contribution < 1.29 is 5.11 Å². The van der Waals surface area contributed by atoms with E-state index in [9.17, 15) is 5.11 Å². The number of aryl methyl sites for hydroxylation is 2. The first-order chi connectivity index (χ1) is 7.08. The largest absolute Gasteiger partial charge is 0.508 e. The standard InChI is InChI=1S/C12H20N2O/c1-8-3-11(15)4-9(2)12(8)5-10(6-13)7-14/h3-4,10,15H,5-7,13-14H2,1-2H3. The monoisotopic (exact) mass is 208 g/mol. The average Bonchev–Trinajstić information content (AvgIpc) is 2.17. The smallest absolute Gasteiger partial charge is 0.116 e. The van der Waals surface area contributed by atoms with Gasteiger partial charge in [0.05, 0.1) is 0 Å². The molecule has 84 valence electrons. The molecule has 0 fully saturated rings. The number of hydrogen-bond donors (Lipinski definition) is 3. The molecule has 0 aliphatic heterocycles. The minimum atomic E-state index is 0.325. The molecule has 3 nitrogen and oxygen atoms in total. The molecule has 0 saturated carbocycles. The molecule has 5 N–H and O–H groups in total. The summed E-state index contributed by atoms with van der Waals surface area (Å²) in [5.74, 6) is 0.651. The summed E-state index contributed by atoms with van der Waals surface area (Å²) >= 11 is 0. The van der Waals surface area contributed by atoms with Crippen molar-refractivity contribution in [1.82, 2.24) is 0 Å². The lowest BCUT2D eigenvalue weighted by Crippen LogP contribution is -2.25. The Hall–Kier alpha value is -1.06. The van der Waals surface area contributed by atoms with E-state index in [2.05, 4.69) is 0 Å². The highest BCUT2D eigenvalue weighted by Gasteiger charge is 2.10. The van der Waals surface area contributed by atoms with Crippen LogP contribution in [0, 0.1) is 19.8 Å². The third-order valence-electron chi connectivity index (χ3n) is 2.84. The van der Waals surface area contributed by atoms with Crippen LogP contribution < -0.4 is 11.5 Å². The Kier molecular flexibility index (Phi) is 4.12. The van der Waals surface area contributed by atoms with E-state index in [0.717, 1.165) is 17.5 Å².